The molecule has 0 aliphatic carbocycles. The van der Waals surface area contributed by atoms with Crippen molar-refractivity contribution < 1.29 is 4.79 Å². The summed E-state index contributed by atoms with van der Waals surface area (Å²) in [6.45, 7) is 2.87. The number of piperidine rings is 1. The molecule has 5 heteroatoms. The predicted molar refractivity (Wildman–Crippen MR) is 66.4 cm³/mol. The number of aromatic nitrogens is 1. The van der Waals surface area contributed by atoms with E-state index in [1.807, 2.05) is 0 Å². The summed E-state index contributed by atoms with van der Waals surface area (Å²) in [6, 6.07) is 1.79. The standard InChI is InChI=1S/C11H16BrN3O/c12-9-4-10(14-7-9)11(16)15-6-8-2-1-3-13-5-8/h4,7-8,13-14H,1-3,5-6H2,(H,15,16). The number of amides is 1. The maximum Gasteiger partial charge on any atom is 0.267 e. The van der Waals surface area contributed by atoms with E-state index in [-0.39, 0.29) is 5.91 Å². The molecule has 4 nitrogen and oxygen atoms in total. The van der Waals surface area contributed by atoms with Crippen LogP contribution in [0.25, 0.3) is 0 Å². The Morgan fingerprint density at radius 1 is 1.62 bits per heavy atom. The Labute approximate surface area is 103 Å². The fraction of sp³-hybridized carbons (Fsp3) is 0.545. The first-order valence-corrected chi connectivity index (χ1v) is 6.38. The first kappa shape index (κ1) is 11.7. The number of carbonyl (C=O) groups excluding carboxylic acids is 1. The molecule has 16 heavy (non-hydrogen) atoms. The number of aromatic amines is 1. The molecule has 0 radical (unpaired) electrons. The molecule has 1 aromatic rings. The number of rotatable bonds is 3. The third-order valence-electron chi connectivity index (χ3n) is 2.84. The molecule has 1 aromatic heterocycles. The second kappa shape index (κ2) is 5.50. The second-order valence-corrected chi connectivity index (χ2v) is 5.07. The molecule has 1 amide bonds. The molecule has 1 aliphatic heterocycles. The number of nitrogens with one attached hydrogen (secondary N) is 3. The Hall–Kier alpha value is -0.810. The van der Waals surface area contributed by atoms with Crippen LogP contribution in [0.1, 0.15) is 23.3 Å². The lowest BCUT2D eigenvalue weighted by molar-refractivity contribution is 0.0940. The van der Waals surface area contributed by atoms with Crippen molar-refractivity contribution in [1.29, 1.82) is 0 Å². The van der Waals surface area contributed by atoms with Gasteiger partial charge in [0.05, 0.1) is 0 Å². The highest BCUT2D eigenvalue weighted by molar-refractivity contribution is 9.10. The topological polar surface area (TPSA) is 56.9 Å². The van der Waals surface area contributed by atoms with Crippen molar-refractivity contribution in [3.8, 4) is 0 Å². The summed E-state index contributed by atoms with van der Waals surface area (Å²) in [7, 11) is 0. The third kappa shape index (κ3) is 3.09. The molecule has 2 rings (SSSR count). The number of H-pyrrole nitrogens is 1. The van der Waals surface area contributed by atoms with Gasteiger partial charge >= 0.3 is 0 Å². The van der Waals surface area contributed by atoms with Crippen molar-refractivity contribution in [1.82, 2.24) is 15.6 Å². The van der Waals surface area contributed by atoms with Gasteiger partial charge < -0.3 is 15.6 Å². The maximum atomic E-state index is 11.7. The Kier molecular flexibility index (Phi) is 4.01. The van der Waals surface area contributed by atoms with E-state index in [0.29, 0.717) is 11.6 Å². The number of halogens is 1. The van der Waals surface area contributed by atoms with Crippen LogP contribution in [-0.2, 0) is 0 Å². The van der Waals surface area contributed by atoms with Gasteiger partial charge in [0, 0.05) is 17.2 Å². The van der Waals surface area contributed by atoms with Gasteiger partial charge in [-0.2, -0.15) is 0 Å². The molecule has 1 atom stereocenters. The van der Waals surface area contributed by atoms with Crippen LogP contribution < -0.4 is 10.6 Å². The zero-order valence-electron chi connectivity index (χ0n) is 9.05. The fourth-order valence-electron chi connectivity index (χ4n) is 1.93. The van der Waals surface area contributed by atoms with Crippen LogP contribution in [0.5, 0.6) is 0 Å². The van der Waals surface area contributed by atoms with E-state index in [1.54, 1.807) is 12.3 Å². The zero-order chi connectivity index (χ0) is 11.4. The van der Waals surface area contributed by atoms with Gasteiger partial charge in [-0.25, -0.2) is 0 Å². The zero-order valence-corrected chi connectivity index (χ0v) is 10.6. The molecular formula is C11H16BrN3O. The molecule has 3 N–H and O–H groups in total. The highest BCUT2D eigenvalue weighted by atomic mass is 79.9. The molecule has 0 saturated carbocycles. The van der Waals surface area contributed by atoms with E-state index >= 15 is 0 Å². The Morgan fingerprint density at radius 2 is 2.50 bits per heavy atom. The minimum absolute atomic E-state index is 0.0312. The van der Waals surface area contributed by atoms with E-state index in [9.17, 15) is 4.79 Å². The normalized spacial score (nSPS) is 20.7. The molecular weight excluding hydrogens is 270 g/mol. The average Bonchev–Trinajstić information content (AvgIpc) is 2.74. The lowest BCUT2D eigenvalue weighted by Crippen LogP contribution is -2.38. The van der Waals surface area contributed by atoms with Crippen molar-refractivity contribution in [2.75, 3.05) is 19.6 Å². The summed E-state index contributed by atoms with van der Waals surface area (Å²) in [6.07, 6.45) is 4.16. The molecule has 1 aliphatic rings. The maximum absolute atomic E-state index is 11.7. The summed E-state index contributed by atoms with van der Waals surface area (Å²) >= 11 is 3.31. The Balaban J connectivity index is 1.79. The summed E-state index contributed by atoms with van der Waals surface area (Å²) < 4.78 is 0.900. The van der Waals surface area contributed by atoms with Crippen LogP contribution in [0.4, 0.5) is 0 Å². The first-order valence-electron chi connectivity index (χ1n) is 5.58. The average molecular weight is 286 g/mol. The van der Waals surface area contributed by atoms with Gasteiger partial charge in [0.1, 0.15) is 5.69 Å². The SMILES string of the molecule is O=C(NCC1CCCNC1)c1cc(Br)c[nH]1. The summed E-state index contributed by atoms with van der Waals surface area (Å²) in [4.78, 5) is 14.6. The van der Waals surface area contributed by atoms with E-state index in [0.717, 1.165) is 24.1 Å². The summed E-state index contributed by atoms with van der Waals surface area (Å²) in [5.41, 5.74) is 0.607. The molecule has 0 spiro atoms. The largest absolute Gasteiger partial charge is 0.356 e. The van der Waals surface area contributed by atoms with Crippen molar-refractivity contribution >= 4 is 21.8 Å². The van der Waals surface area contributed by atoms with Crippen molar-refractivity contribution in [2.24, 2.45) is 5.92 Å². The molecule has 1 fully saturated rings. The molecule has 0 bridgehead atoms. The molecule has 2 heterocycles. The minimum Gasteiger partial charge on any atom is -0.356 e. The quantitative estimate of drug-likeness (QED) is 0.789. The van der Waals surface area contributed by atoms with Crippen molar-refractivity contribution in [2.45, 2.75) is 12.8 Å². The van der Waals surface area contributed by atoms with Crippen LogP contribution in [0.2, 0.25) is 0 Å². The summed E-state index contributed by atoms with van der Waals surface area (Å²) in [5.74, 6) is 0.535. The van der Waals surface area contributed by atoms with Gasteiger partial charge in [0.25, 0.3) is 5.91 Å². The monoisotopic (exact) mass is 285 g/mol. The van der Waals surface area contributed by atoms with Crippen LogP contribution in [0.3, 0.4) is 0 Å². The van der Waals surface area contributed by atoms with Crippen LogP contribution >= 0.6 is 15.9 Å². The Bertz CT molecular complexity index is 358. The van der Waals surface area contributed by atoms with Gasteiger partial charge in [-0.15, -0.1) is 0 Å². The fourth-order valence-corrected chi connectivity index (χ4v) is 2.27. The summed E-state index contributed by atoms with van der Waals surface area (Å²) in [5, 5.41) is 6.29. The lowest BCUT2D eigenvalue weighted by Gasteiger charge is -2.22. The lowest BCUT2D eigenvalue weighted by atomic mass is 10.00. The third-order valence-corrected chi connectivity index (χ3v) is 3.30. The van der Waals surface area contributed by atoms with Gasteiger partial charge in [0.15, 0.2) is 0 Å². The van der Waals surface area contributed by atoms with E-state index in [1.165, 1.54) is 12.8 Å². The van der Waals surface area contributed by atoms with E-state index < -0.39 is 0 Å². The predicted octanol–water partition coefficient (Wildman–Crippen LogP) is 1.51. The van der Waals surface area contributed by atoms with E-state index in [4.69, 9.17) is 0 Å². The van der Waals surface area contributed by atoms with Gasteiger partial charge in [-0.1, -0.05) is 0 Å². The smallest absolute Gasteiger partial charge is 0.267 e. The number of hydrogen-bond donors (Lipinski definition) is 3. The van der Waals surface area contributed by atoms with E-state index in [2.05, 4.69) is 31.5 Å². The van der Waals surface area contributed by atoms with Crippen LogP contribution in [0.15, 0.2) is 16.7 Å². The van der Waals surface area contributed by atoms with Crippen molar-refractivity contribution in [3.05, 3.63) is 22.4 Å². The molecule has 1 unspecified atom stereocenters. The van der Waals surface area contributed by atoms with Gasteiger partial charge in [-0.3, -0.25) is 4.79 Å². The molecule has 0 aromatic carbocycles. The van der Waals surface area contributed by atoms with Gasteiger partial charge in [0.2, 0.25) is 0 Å². The first-order chi connectivity index (χ1) is 7.75. The number of hydrogen-bond acceptors (Lipinski definition) is 2. The van der Waals surface area contributed by atoms with Gasteiger partial charge in [-0.05, 0) is 53.8 Å². The highest BCUT2D eigenvalue weighted by Gasteiger charge is 2.14. The van der Waals surface area contributed by atoms with Crippen molar-refractivity contribution in [3.63, 3.8) is 0 Å². The minimum atomic E-state index is -0.0312. The highest BCUT2D eigenvalue weighted by Crippen LogP contribution is 2.11. The molecule has 88 valence electrons. The Morgan fingerprint density at radius 3 is 3.12 bits per heavy atom. The second-order valence-electron chi connectivity index (χ2n) is 4.15. The van der Waals surface area contributed by atoms with Crippen LogP contribution in [-0.4, -0.2) is 30.5 Å². The van der Waals surface area contributed by atoms with Crippen LogP contribution in [0, 0.1) is 5.92 Å². The number of carbonyl (C=O) groups is 1. The molecule has 1 saturated heterocycles.